The third-order valence-corrected chi connectivity index (χ3v) is 5.13. The first kappa shape index (κ1) is 13.1. The van der Waals surface area contributed by atoms with Gasteiger partial charge in [-0.25, -0.2) is 4.98 Å². The second-order valence-electron chi connectivity index (χ2n) is 5.59. The molecule has 0 N–H and O–H groups in total. The van der Waals surface area contributed by atoms with Gasteiger partial charge in [0.2, 0.25) is 0 Å². The normalized spacial score (nSPS) is 26.9. The van der Waals surface area contributed by atoms with Crippen molar-refractivity contribution in [2.24, 2.45) is 5.92 Å². The van der Waals surface area contributed by atoms with Gasteiger partial charge >= 0.3 is 0 Å². The lowest BCUT2D eigenvalue weighted by atomic mass is 9.78. The lowest BCUT2D eigenvalue weighted by molar-refractivity contribution is 0.0389. The highest BCUT2D eigenvalue weighted by molar-refractivity contribution is 9.10. The van der Waals surface area contributed by atoms with Gasteiger partial charge in [-0.05, 0) is 59.7 Å². The smallest absolute Gasteiger partial charge is 0.256 e. The average molecular weight is 323 g/mol. The number of aromatic nitrogens is 1. The Kier molecular flexibility index (Phi) is 3.87. The summed E-state index contributed by atoms with van der Waals surface area (Å²) in [5.74, 6) is 0.874. The first-order valence-corrected chi connectivity index (χ1v) is 7.98. The largest absolute Gasteiger partial charge is 0.335 e. The average Bonchev–Trinajstić information content (AvgIpc) is 2.46. The number of hydrogen-bond acceptors (Lipinski definition) is 2. The predicted octanol–water partition coefficient (Wildman–Crippen LogP) is 3.64. The molecule has 1 aliphatic carbocycles. The van der Waals surface area contributed by atoms with Crippen molar-refractivity contribution in [2.45, 2.75) is 44.6 Å². The van der Waals surface area contributed by atoms with Gasteiger partial charge in [0, 0.05) is 18.8 Å². The van der Waals surface area contributed by atoms with E-state index in [0.29, 0.717) is 16.2 Å². The molecule has 1 aromatic rings. The minimum atomic E-state index is 0.150. The van der Waals surface area contributed by atoms with Gasteiger partial charge in [0.1, 0.15) is 4.60 Å². The lowest BCUT2D eigenvalue weighted by Gasteiger charge is -2.44. The van der Waals surface area contributed by atoms with E-state index in [4.69, 9.17) is 0 Å². The number of rotatable bonds is 1. The molecule has 1 amide bonds. The second-order valence-corrected chi connectivity index (χ2v) is 6.35. The number of pyridine rings is 1. The molecular formula is C15H19BrN2O. The summed E-state index contributed by atoms with van der Waals surface area (Å²) in [6.45, 7) is 0.904. The first-order valence-electron chi connectivity index (χ1n) is 7.19. The summed E-state index contributed by atoms with van der Waals surface area (Å²) in [7, 11) is 0. The van der Waals surface area contributed by atoms with Gasteiger partial charge in [0.25, 0.3) is 5.91 Å². The summed E-state index contributed by atoms with van der Waals surface area (Å²) in [6, 6.07) is 4.16. The molecule has 3 rings (SSSR count). The van der Waals surface area contributed by atoms with E-state index in [2.05, 4.69) is 25.8 Å². The van der Waals surface area contributed by atoms with Gasteiger partial charge in [0.05, 0.1) is 5.56 Å². The highest BCUT2D eigenvalue weighted by Crippen LogP contribution is 2.36. The van der Waals surface area contributed by atoms with Crippen LogP contribution in [0.5, 0.6) is 0 Å². The molecule has 2 heterocycles. The van der Waals surface area contributed by atoms with Gasteiger partial charge in [-0.15, -0.1) is 0 Å². The predicted molar refractivity (Wildman–Crippen MR) is 78.0 cm³/mol. The molecule has 0 spiro atoms. The van der Waals surface area contributed by atoms with Crippen LogP contribution in [0.4, 0.5) is 0 Å². The number of amides is 1. The van der Waals surface area contributed by atoms with Crippen molar-refractivity contribution in [2.75, 3.05) is 6.54 Å². The molecule has 0 radical (unpaired) electrons. The van der Waals surface area contributed by atoms with Crippen LogP contribution in [-0.4, -0.2) is 28.4 Å². The van der Waals surface area contributed by atoms with E-state index in [1.54, 1.807) is 6.20 Å². The van der Waals surface area contributed by atoms with Gasteiger partial charge in [0.15, 0.2) is 0 Å². The lowest BCUT2D eigenvalue weighted by Crippen LogP contribution is -2.49. The molecule has 0 bridgehead atoms. The molecule has 102 valence electrons. The van der Waals surface area contributed by atoms with E-state index in [-0.39, 0.29) is 5.91 Å². The zero-order chi connectivity index (χ0) is 13.2. The first-order chi connectivity index (χ1) is 9.27. The third-order valence-electron chi connectivity index (χ3n) is 4.49. The molecule has 19 heavy (non-hydrogen) atoms. The van der Waals surface area contributed by atoms with Crippen molar-refractivity contribution in [3.8, 4) is 0 Å². The van der Waals surface area contributed by atoms with E-state index < -0.39 is 0 Å². The zero-order valence-electron chi connectivity index (χ0n) is 11.0. The Morgan fingerprint density at radius 3 is 2.89 bits per heavy atom. The minimum absolute atomic E-state index is 0.150. The number of halogens is 1. The van der Waals surface area contributed by atoms with Crippen LogP contribution >= 0.6 is 15.9 Å². The summed E-state index contributed by atoms with van der Waals surface area (Å²) < 4.78 is 0.665. The Hall–Kier alpha value is -0.900. The molecule has 1 aromatic heterocycles. The number of carbonyl (C=O) groups excluding carboxylic acids is 1. The fourth-order valence-corrected chi connectivity index (χ4v) is 4.00. The molecule has 3 nitrogen and oxygen atoms in total. The van der Waals surface area contributed by atoms with Crippen LogP contribution < -0.4 is 0 Å². The van der Waals surface area contributed by atoms with Crippen LogP contribution in [0.1, 0.15) is 48.9 Å². The van der Waals surface area contributed by atoms with Crippen LogP contribution in [0, 0.1) is 5.92 Å². The summed E-state index contributed by atoms with van der Waals surface area (Å²) in [5.41, 5.74) is 0.703. The van der Waals surface area contributed by atoms with Gasteiger partial charge in [-0.2, -0.15) is 0 Å². The zero-order valence-corrected chi connectivity index (χ0v) is 12.6. The van der Waals surface area contributed by atoms with E-state index >= 15 is 0 Å². The molecule has 2 unspecified atom stereocenters. The summed E-state index contributed by atoms with van der Waals surface area (Å²) >= 11 is 3.39. The van der Waals surface area contributed by atoms with Crippen molar-refractivity contribution >= 4 is 21.8 Å². The summed E-state index contributed by atoms with van der Waals surface area (Å²) in [5, 5.41) is 0. The standard InChI is InChI=1S/C15H19BrN2O/c16-14-12(7-3-9-17-14)15(19)18-10-4-6-11-5-1-2-8-13(11)18/h3,7,9,11,13H,1-2,4-6,8,10H2. The SMILES string of the molecule is O=C(c1cccnc1Br)N1CCCC2CCCCC21. The summed E-state index contributed by atoms with van der Waals surface area (Å²) in [6.07, 6.45) is 9.21. The Bertz CT molecular complexity index is 475. The molecular weight excluding hydrogens is 304 g/mol. The maximum Gasteiger partial charge on any atom is 0.256 e. The van der Waals surface area contributed by atoms with Crippen molar-refractivity contribution in [3.05, 3.63) is 28.5 Å². The van der Waals surface area contributed by atoms with E-state index in [1.165, 1.54) is 32.1 Å². The fraction of sp³-hybridized carbons (Fsp3) is 0.600. The number of likely N-dealkylation sites (tertiary alicyclic amines) is 1. The fourth-order valence-electron chi connectivity index (χ4n) is 3.58. The Balaban J connectivity index is 1.84. The Morgan fingerprint density at radius 1 is 1.26 bits per heavy atom. The number of carbonyl (C=O) groups is 1. The highest BCUT2D eigenvalue weighted by Gasteiger charge is 2.36. The van der Waals surface area contributed by atoms with Crippen LogP contribution in [0.2, 0.25) is 0 Å². The van der Waals surface area contributed by atoms with Gasteiger partial charge < -0.3 is 4.90 Å². The number of piperidine rings is 1. The second kappa shape index (κ2) is 5.61. The molecule has 1 saturated carbocycles. The monoisotopic (exact) mass is 322 g/mol. The van der Waals surface area contributed by atoms with E-state index in [1.807, 2.05) is 12.1 Å². The molecule has 2 atom stereocenters. The highest BCUT2D eigenvalue weighted by atomic mass is 79.9. The summed E-state index contributed by atoms with van der Waals surface area (Å²) in [4.78, 5) is 19.0. The topological polar surface area (TPSA) is 33.2 Å². The van der Waals surface area contributed by atoms with Gasteiger partial charge in [-0.3, -0.25) is 4.79 Å². The van der Waals surface area contributed by atoms with Crippen LogP contribution in [-0.2, 0) is 0 Å². The quantitative estimate of drug-likeness (QED) is 0.739. The maximum atomic E-state index is 12.7. The number of hydrogen-bond donors (Lipinski definition) is 0. The van der Waals surface area contributed by atoms with E-state index in [0.717, 1.165) is 18.9 Å². The third kappa shape index (κ3) is 2.55. The molecule has 1 saturated heterocycles. The Morgan fingerprint density at radius 2 is 2.05 bits per heavy atom. The maximum absolute atomic E-state index is 12.7. The molecule has 4 heteroatoms. The molecule has 2 aliphatic rings. The molecule has 0 aromatic carbocycles. The van der Waals surface area contributed by atoms with Crippen molar-refractivity contribution in [1.29, 1.82) is 0 Å². The molecule has 1 aliphatic heterocycles. The number of nitrogens with zero attached hydrogens (tertiary/aromatic N) is 2. The van der Waals surface area contributed by atoms with Crippen molar-refractivity contribution < 1.29 is 4.79 Å². The minimum Gasteiger partial charge on any atom is -0.335 e. The Labute approximate surface area is 122 Å². The molecule has 2 fully saturated rings. The van der Waals surface area contributed by atoms with Crippen molar-refractivity contribution in [3.63, 3.8) is 0 Å². The van der Waals surface area contributed by atoms with E-state index in [9.17, 15) is 4.79 Å². The van der Waals surface area contributed by atoms with Crippen LogP contribution in [0.25, 0.3) is 0 Å². The van der Waals surface area contributed by atoms with Crippen molar-refractivity contribution in [1.82, 2.24) is 9.88 Å². The number of fused-ring (bicyclic) bond motifs is 1. The van der Waals surface area contributed by atoms with Crippen LogP contribution in [0.15, 0.2) is 22.9 Å². The van der Waals surface area contributed by atoms with Gasteiger partial charge in [-0.1, -0.05) is 12.8 Å². The van der Waals surface area contributed by atoms with Crippen LogP contribution in [0.3, 0.4) is 0 Å².